The molecule has 0 aliphatic heterocycles. The molecule has 0 saturated carbocycles. The van der Waals surface area contributed by atoms with Crippen molar-refractivity contribution < 1.29 is 4.79 Å². The van der Waals surface area contributed by atoms with Crippen LogP contribution in [0, 0.1) is 0 Å². The van der Waals surface area contributed by atoms with Gasteiger partial charge in [-0.15, -0.1) is 0 Å². The van der Waals surface area contributed by atoms with E-state index in [1.54, 1.807) is 16.7 Å². The summed E-state index contributed by atoms with van der Waals surface area (Å²) in [6, 6.07) is 3.62. The lowest BCUT2D eigenvalue weighted by Crippen LogP contribution is -2.26. The highest BCUT2D eigenvalue weighted by molar-refractivity contribution is 6.30. The number of fused-ring (bicyclic) bond motifs is 1. The summed E-state index contributed by atoms with van der Waals surface area (Å²) in [7, 11) is 0. The van der Waals surface area contributed by atoms with E-state index >= 15 is 0 Å². The minimum absolute atomic E-state index is 0.124. The standard InChI is InChI=1S/C25H34ClN3O/c1-6-22-24(29-17-21(26)13-14-23(29)28-22)25(30)27-16-15-20(5)12-8-11-19(4)10-7-9-18(2)3/h9,11,13-15,17H,6-8,10,12,16H2,1-5H3,(H,27,30)/b19-11+,20-15+. The topological polar surface area (TPSA) is 46.4 Å². The molecule has 162 valence electrons. The van der Waals surface area contributed by atoms with Gasteiger partial charge < -0.3 is 5.32 Å². The van der Waals surface area contributed by atoms with Gasteiger partial charge in [0.05, 0.1) is 10.7 Å². The van der Waals surface area contributed by atoms with Crippen LogP contribution in [0.5, 0.6) is 0 Å². The predicted octanol–water partition coefficient (Wildman–Crippen LogP) is 6.70. The van der Waals surface area contributed by atoms with Crippen molar-refractivity contribution in [3.63, 3.8) is 0 Å². The Bertz CT molecular complexity index is 962. The minimum atomic E-state index is -0.124. The Morgan fingerprint density at radius 1 is 1.07 bits per heavy atom. The average Bonchev–Trinajstić information content (AvgIpc) is 3.05. The molecule has 1 amide bonds. The first-order chi connectivity index (χ1) is 14.3. The van der Waals surface area contributed by atoms with E-state index in [1.165, 1.54) is 16.7 Å². The highest BCUT2D eigenvalue weighted by Crippen LogP contribution is 2.17. The van der Waals surface area contributed by atoms with Crippen LogP contribution >= 0.6 is 11.6 Å². The third kappa shape index (κ3) is 7.17. The molecule has 2 rings (SSSR count). The van der Waals surface area contributed by atoms with Crippen LogP contribution in [-0.2, 0) is 6.42 Å². The van der Waals surface area contributed by atoms with Gasteiger partial charge in [0.15, 0.2) is 0 Å². The lowest BCUT2D eigenvalue weighted by atomic mass is 10.1. The Hall–Kier alpha value is -2.33. The number of aryl methyl sites for hydroxylation is 1. The number of aromatic nitrogens is 2. The maximum Gasteiger partial charge on any atom is 0.270 e. The molecule has 0 atom stereocenters. The fraction of sp³-hybridized carbons (Fsp3) is 0.440. The van der Waals surface area contributed by atoms with Gasteiger partial charge in [0, 0.05) is 12.7 Å². The molecule has 5 heteroatoms. The lowest BCUT2D eigenvalue weighted by molar-refractivity contribution is 0.0951. The van der Waals surface area contributed by atoms with Crippen molar-refractivity contribution in [3.8, 4) is 0 Å². The van der Waals surface area contributed by atoms with E-state index < -0.39 is 0 Å². The Balaban J connectivity index is 1.89. The molecule has 0 fully saturated rings. The molecule has 0 saturated heterocycles. The van der Waals surface area contributed by atoms with Crippen molar-refractivity contribution in [1.82, 2.24) is 14.7 Å². The molecule has 30 heavy (non-hydrogen) atoms. The summed E-state index contributed by atoms with van der Waals surface area (Å²) in [6.07, 6.45) is 13.4. The van der Waals surface area contributed by atoms with Gasteiger partial charge in [0.1, 0.15) is 11.3 Å². The van der Waals surface area contributed by atoms with Gasteiger partial charge in [0.2, 0.25) is 0 Å². The molecule has 0 aliphatic carbocycles. The van der Waals surface area contributed by atoms with Crippen molar-refractivity contribution in [2.75, 3.05) is 6.54 Å². The summed E-state index contributed by atoms with van der Waals surface area (Å²) in [4.78, 5) is 17.3. The zero-order valence-corrected chi connectivity index (χ0v) is 19.6. The fourth-order valence-corrected chi connectivity index (χ4v) is 3.46. The number of carbonyl (C=O) groups is 1. The molecule has 0 aliphatic rings. The number of amides is 1. The number of carbonyl (C=O) groups excluding carboxylic acids is 1. The summed E-state index contributed by atoms with van der Waals surface area (Å²) in [6.45, 7) is 11.1. The van der Waals surface area contributed by atoms with E-state index in [0.717, 1.165) is 37.0 Å². The molecule has 2 aromatic heterocycles. The predicted molar refractivity (Wildman–Crippen MR) is 127 cm³/mol. The number of nitrogens with one attached hydrogen (secondary N) is 1. The molecule has 0 bridgehead atoms. The smallest absolute Gasteiger partial charge is 0.270 e. The van der Waals surface area contributed by atoms with Crippen molar-refractivity contribution in [3.05, 3.63) is 69.7 Å². The number of hydrogen-bond donors (Lipinski definition) is 1. The third-order valence-electron chi connectivity index (χ3n) is 5.04. The number of halogens is 1. The van der Waals surface area contributed by atoms with E-state index in [4.69, 9.17) is 11.6 Å². The first kappa shape index (κ1) is 23.9. The van der Waals surface area contributed by atoms with E-state index in [2.05, 4.69) is 56.2 Å². The Kier molecular flexibility index (Phi) is 9.38. The zero-order valence-electron chi connectivity index (χ0n) is 18.9. The van der Waals surface area contributed by atoms with Gasteiger partial charge in [-0.1, -0.05) is 53.5 Å². The highest BCUT2D eigenvalue weighted by Gasteiger charge is 2.17. The Labute approximate surface area is 185 Å². The van der Waals surface area contributed by atoms with E-state index in [9.17, 15) is 4.79 Å². The molecule has 1 N–H and O–H groups in total. The second-order valence-electron chi connectivity index (χ2n) is 8.01. The van der Waals surface area contributed by atoms with Crippen LogP contribution in [0.2, 0.25) is 5.02 Å². The molecule has 0 radical (unpaired) electrons. The van der Waals surface area contributed by atoms with E-state index in [0.29, 0.717) is 23.7 Å². The summed E-state index contributed by atoms with van der Waals surface area (Å²) < 4.78 is 1.77. The second-order valence-corrected chi connectivity index (χ2v) is 8.44. The SMILES string of the molecule is CCc1nc2ccc(Cl)cn2c1C(=O)NC/C=C(\C)CC/C=C(\C)CCC=C(C)C. The van der Waals surface area contributed by atoms with Gasteiger partial charge in [-0.25, -0.2) is 4.98 Å². The molecule has 0 aromatic carbocycles. The van der Waals surface area contributed by atoms with Gasteiger partial charge in [-0.05, 0) is 71.9 Å². The van der Waals surface area contributed by atoms with Crippen LogP contribution < -0.4 is 5.32 Å². The fourth-order valence-electron chi connectivity index (χ4n) is 3.29. The Morgan fingerprint density at radius 3 is 2.40 bits per heavy atom. The van der Waals surface area contributed by atoms with Crippen LogP contribution in [0.25, 0.3) is 5.65 Å². The average molecular weight is 428 g/mol. The number of pyridine rings is 1. The largest absolute Gasteiger partial charge is 0.347 e. The number of rotatable bonds is 10. The molecule has 2 aromatic rings. The van der Waals surface area contributed by atoms with Crippen molar-refractivity contribution >= 4 is 23.2 Å². The highest BCUT2D eigenvalue weighted by atomic mass is 35.5. The van der Waals surface area contributed by atoms with Crippen LogP contribution in [0.1, 0.15) is 76.5 Å². The Morgan fingerprint density at radius 2 is 1.73 bits per heavy atom. The third-order valence-corrected chi connectivity index (χ3v) is 5.26. The maximum absolute atomic E-state index is 12.8. The second kappa shape index (κ2) is 11.8. The molecular weight excluding hydrogens is 394 g/mol. The number of hydrogen-bond acceptors (Lipinski definition) is 2. The first-order valence-corrected chi connectivity index (χ1v) is 11.1. The minimum Gasteiger partial charge on any atom is -0.347 e. The maximum atomic E-state index is 12.8. The van der Waals surface area contributed by atoms with Crippen molar-refractivity contribution in [1.29, 1.82) is 0 Å². The van der Waals surface area contributed by atoms with E-state index in [1.807, 2.05) is 13.0 Å². The van der Waals surface area contributed by atoms with Crippen LogP contribution in [0.4, 0.5) is 0 Å². The lowest BCUT2D eigenvalue weighted by Gasteiger charge is -2.06. The van der Waals surface area contributed by atoms with Crippen molar-refractivity contribution in [2.45, 2.75) is 66.7 Å². The number of allylic oxidation sites excluding steroid dienone is 5. The van der Waals surface area contributed by atoms with E-state index in [-0.39, 0.29) is 5.91 Å². The summed E-state index contributed by atoms with van der Waals surface area (Å²) in [5, 5.41) is 3.58. The normalized spacial score (nSPS) is 12.3. The summed E-state index contributed by atoms with van der Waals surface area (Å²) in [5.74, 6) is -0.124. The molecule has 0 unspecified atom stereocenters. The van der Waals surface area contributed by atoms with Gasteiger partial charge >= 0.3 is 0 Å². The van der Waals surface area contributed by atoms with Crippen LogP contribution in [0.15, 0.2) is 53.3 Å². The van der Waals surface area contributed by atoms with Gasteiger partial charge in [-0.3, -0.25) is 9.20 Å². The molecule has 2 heterocycles. The van der Waals surface area contributed by atoms with Crippen LogP contribution in [-0.4, -0.2) is 21.8 Å². The summed E-state index contributed by atoms with van der Waals surface area (Å²) >= 11 is 6.11. The van der Waals surface area contributed by atoms with Gasteiger partial charge in [-0.2, -0.15) is 0 Å². The molecule has 4 nitrogen and oxygen atoms in total. The first-order valence-electron chi connectivity index (χ1n) is 10.7. The van der Waals surface area contributed by atoms with Crippen molar-refractivity contribution in [2.24, 2.45) is 0 Å². The zero-order chi connectivity index (χ0) is 22.1. The number of imidazole rings is 1. The molecule has 0 spiro atoms. The summed E-state index contributed by atoms with van der Waals surface area (Å²) in [5.41, 5.74) is 6.18. The number of nitrogens with zero attached hydrogens (tertiary/aromatic N) is 2. The van der Waals surface area contributed by atoms with Gasteiger partial charge in [0.25, 0.3) is 5.91 Å². The molecular formula is C25H34ClN3O. The quantitative estimate of drug-likeness (QED) is 0.429. The van der Waals surface area contributed by atoms with Crippen LogP contribution in [0.3, 0.4) is 0 Å². The monoisotopic (exact) mass is 427 g/mol.